The van der Waals surface area contributed by atoms with Crippen molar-refractivity contribution in [1.82, 2.24) is 25.4 Å². The Morgan fingerprint density at radius 1 is 1.69 bits per heavy atom. The van der Waals surface area contributed by atoms with Gasteiger partial charge in [0.15, 0.2) is 0 Å². The van der Waals surface area contributed by atoms with E-state index < -0.39 is 5.69 Å². The highest BCUT2D eigenvalue weighted by atomic mass is 16.5. The van der Waals surface area contributed by atoms with Gasteiger partial charge in [0.25, 0.3) is 11.8 Å². The zero-order valence-electron chi connectivity index (χ0n) is 6.59. The minimum Gasteiger partial charge on any atom is -0.479 e. The van der Waals surface area contributed by atoms with Gasteiger partial charge < -0.3 is 9.26 Å². The van der Waals surface area contributed by atoms with Gasteiger partial charge >= 0.3 is 5.69 Å². The standard InChI is InChI=1S/C5H5N5O3/c1-12-3-2-4(13-7-3)10-5(11)6-8-9-10/h2H,1H3,(H,6,9,11). The SMILES string of the molecule is COc1cc(-n2nn[nH]c2=O)on1. The van der Waals surface area contributed by atoms with Gasteiger partial charge in [-0.15, -0.1) is 4.68 Å². The van der Waals surface area contributed by atoms with Crippen LogP contribution >= 0.6 is 0 Å². The van der Waals surface area contributed by atoms with E-state index in [1.54, 1.807) is 0 Å². The molecule has 0 atom stereocenters. The summed E-state index contributed by atoms with van der Waals surface area (Å²) in [6, 6.07) is 1.42. The molecule has 2 rings (SSSR count). The Balaban J connectivity index is 2.47. The van der Waals surface area contributed by atoms with Crippen LogP contribution in [0, 0.1) is 0 Å². The van der Waals surface area contributed by atoms with Crippen LogP contribution in [-0.2, 0) is 0 Å². The van der Waals surface area contributed by atoms with Crippen LogP contribution < -0.4 is 10.4 Å². The van der Waals surface area contributed by atoms with Gasteiger partial charge in [-0.1, -0.05) is 0 Å². The normalized spacial score (nSPS) is 10.2. The van der Waals surface area contributed by atoms with Gasteiger partial charge in [0.1, 0.15) is 0 Å². The predicted octanol–water partition coefficient (Wildman–Crippen LogP) is -1.05. The third-order valence-electron chi connectivity index (χ3n) is 1.37. The maximum Gasteiger partial charge on any atom is 0.368 e. The van der Waals surface area contributed by atoms with Gasteiger partial charge in [-0.2, -0.15) is 0 Å². The molecule has 2 aromatic rings. The average molecular weight is 183 g/mol. The number of H-pyrrole nitrogens is 1. The number of tetrazole rings is 1. The Bertz CT molecular complexity index is 454. The van der Waals surface area contributed by atoms with Crippen LogP contribution in [0.3, 0.4) is 0 Å². The van der Waals surface area contributed by atoms with Gasteiger partial charge in [-0.25, -0.2) is 9.89 Å². The summed E-state index contributed by atoms with van der Waals surface area (Å²) in [5.41, 5.74) is -0.501. The lowest BCUT2D eigenvalue weighted by Crippen LogP contribution is -2.15. The number of aromatic nitrogens is 5. The molecule has 0 aromatic carbocycles. The molecule has 8 nitrogen and oxygen atoms in total. The van der Waals surface area contributed by atoms with E-state index in [1.165, 1.54) is 13.2 Å². The highest BCUT2D eigenvalue weighted by molar-refractivity contribution is 5.21. The van der Waals surface area contributed by atoms with Crippen molar-refractivity contribution in [2.75, 3.05) is 7.11 Å². The smallest absolute Gasteiger partial charge is 0.368 e. The number of nitrogens with zero attached hydrogens (tertiary/aromatic N) is 4. The Labute approximate surface area is 71.1 Å². The van der Waals surface area contributed by atoms with Crippen molar-refractivity contribution in [3.05, 3.63) is 16.6 Å². The molecule has 1 N–H and O–H groups in total. The number of hydrogen-bond donors (Lipinski definition) is 1. The van der Waals surface area contributed by atoms with Crippen molar-refractivity contribution < 1.29 is 9.26 Å². The van der Waals surface area contributed by atoms with Crippen molar-refractivity contribution in [1.29, 1.82) is 0 Å². The molecule has 0 saturated heterocycles. The average Bonchev–Trinajstić information content (AvgIpc) is 2.71. The molecule has 2 aromatic heterocycles. The Kier molecular flexibility index (Phi) is 1.58. The summed E-state index contributed by atoms with van der Waals surface area (Å²) in [4.78, 5) is 11.0. The summed E-state index contributed by atoms with van der Waals surface area (Å²) < 4.78 is 10.4. The Morgan fingerprint density at radius 2 is 2.54 bits per heavy atom. The van der Waals surface area contributed by atoms with E-state index in [1.807, 2.05) is 0 Å². The Hall–Kier alpha value is -2.12. The minimum atomic E-state index is -0.501. The summed E-state index contributed by atoms with van der Waals surface area (Å²) in [6.45, 7) is 0. The second-order valence-electron chi connectivity index (χ2n) is 2.13. The molecule has 0 aliphatic carbocycles. The molecule has 0 unspecified atom stereocenters. The first-order chi connectivity index (χ1) is 6.31. The van der Waals surface area contributed by atoms with E-state index in [-0.39, 0.29) is 11.8 Å². The first-order valence-electron chi connectivity index (χ1n) is 3.32. The number of rotatable bonds is 2. The molecule has 0 aliphatic rings. The molecular weight excluding hydrogens is 178 g/mol. The van der Waals surface area contributed by atoms with Crippen LogP contribution in [0.15, 0.2) is 15.4 Å². The van der Waals surface area contributed by atoms with Gasteiger partial charge in [0, 0.05) is 0 Å². The van der Waals surface area contributed by atoms with E-state index >= 15 is 0 Å². The second kappa shape index (κ2) is 2.73. The van der Waals surface area contributed by atoms with Crippen molar-refractivity contribution in [3.8, 4) is 11.8 Å². The van der Waals surface area contributed by atoms with Gasteiger partial charge in [-0.05, 0) is 15.6 Å². The van der Waals surface area contributed by atoms with Crippen LogP contribution in [0.1, 0.15) is 0 Å². The second-order valence-corrected chi connectivity index (χ2v) is 2.13. The molecule has 0 saturated carbocycles. The van der Waals surface area contributed by atoms with Crippen molar-refractivity contribution in [3.63, 3.8) is 0 Å². The summed E-state index contributed by atoms with van der Waals surface area (Å²) in [7, 11) is 1.44. The molecule has 0 amide bonds. The summed E-state index contributed by atoms with van der Waals surface area (Å²) in [5, 5.41) is 12.3. The van der Waals surface area contributed by atoms with Crippen molar-refractivity contribution in [2.45, 2.75) is 0 Å². The number of aromatic amines is 1. The Morgan fingerprint density at radius 3 is 3.08 bits per heavy atom. The molecular formula is C5H5N5O3. The number of methoxy groups -OCH3 is 1. The summed E-state index contributed by atoms with van der Waals surface area (Å²) in [5.74, 6) is 0.417. The fraction of sp³-hybridized carbons (Fsp3) is 0.200. The van der Waals surface area contributed by atoms with Crippen LogP contribution in [0.2, 0.25) is 0 Å². The molecule has 0 bridgehead atoms. The third kappa shape index (κ3) is 1.17. The maximum absolute atomic E-state index is 11.0. The lowest BCUT2D eigenvalue weighted by atomic mass is 10.6. The van der Waals surface area contributed by atoms with E-state index in [0.717, 1.165) is 4.68 Å². The molecule has 13 heavy (non-hydrogen) atoms. The highest BCUT2D eigenvalue weighted by Crippen LogP contribution is 2.11. The zero-order chi connectivity index (χ0) is 9.26. The molecule has 0 aliphatic heterocycles. The monoisotopic (exact) mass is 183 g/mol. The zero-order valence-corrected chi connectivity index (χ0v) is 6.59. The largest absolute Gasteiger partial charge is 0.479 e. The molecule has 0 spiro atoms. The van der Waals surface area contributed by atoms with Crippen LogP contribution in [0.5, 0.6) is 5.88 Å². The van der Waals surface area contributed by atoms with Gasteiger partial charge in [-0.3, -0.25) is 0 Å². The van der Waals surface area contributed by atoms with E-state index in [4.69, 9.17) is 9.26 Å². The molecule has 8 heteroatoms. The van der Waals surface area contributed by atoms with E-state index in [9.17, 15) is 4.79 Å². The van der Waals surface area contributed by atoms with Crippen molar-refractivity contribution in [2.24, 2.45) is 0 Å². The van der Waals surface area contributed by atoms with Crippen LogP contribution in [-0.4, -0.2) is 32.5 Å². The number of hydrogen-bond acceptors (Lipinski definition) is 6. The molecule has 0 radical (unpaired) electrons. The van der Waals surface area contributed by atoms with Crippen LogP contribution in [0.25, 0.3) is 5.88 Å². The lowest BCUT2D eigenvalue weighted by Gasteiger charge is -1.85. The van der Waals surface area contributed by atoms with Gasteiger partial charge in [0.05, 0.1) is 13.2 Å². The minimum absolute atomic E-state index is 0.149. The maximum atomic E-state index is 11.0. The molecule has 68 valence electrons. The first-order valence-corrected chi connectivity index (χ1v) is 3.32. The molecule has 2 heterocycles. The van der Waals surface area contributed by atoms with E-state index in [2.05, 4.69) is 20.7 Å². The predicted molar refractivity (Wildman–Crippen MR) is 38.6 cm³/mol. The number of nitrogens with one attached hydrogen (secondary N) is 1. The highest BCUT2D eigenvalue weighted by Gasteiger charge is 2.09. The van der Waals surface area contributed by atoms with Crippen LogP contribution in [0.4, 0.5) is 0 Å². The first kappa shape index (κ1) is 7.53. The number of ether oxygens (including phenoxy) is 1. The third-order valence-corrected chi connectivity index (χ3v) is 1.37. The van der Waals surface area contributed by atoms with Crippen molar-refractivity contribution >= 4 is 0 Å². The van der Waals surface area contributed by atoms with Gasteiger partial charge in [0.2, 0.25) is 0 Å². The quantitative estimate of drug-likeness (QED) is 0.637. The fourth-order valence-electron chi connectivity index (χ4n) is 0.788. The summed E-state index contributed by atoms with van der Waals surface area (Å²) >= 11 is 0. The van der Waals surface area contributed by atoms with E-state index in [0.29, 0.717) is 0 Å². The fourth-order valence-corrected chi connectivity index (χ4v) is 0.788. The molecule has 0 fully saturated rings. The topological polar surface area (TPSA) is 98.8 Å². The summed E-state index contributed by atoms with van der Waals surface area (Å²) in [6.07, 6.45) is 0. The lowest BCUT2D eigenvalue weighted by molar-refractivity contribution is 0.332.